The first-order chi connectivity index (χ1) is 14.4. The van der Waals surface area contributed by atoms with Gasteiger partial charge in [0.2, 0.25) is 10.0 Å². The monoisotopic (exact) mass is 422 g/mol. The van der Waals surface area contributed by atoms with Crippen molar-refractivity contribution in [1.82, 2.24) is 14.8 Å². The van der Waals surface area contributed by atoms with Gasteiger partial charge in [0.05, 0.1) is 22.0 Å². The summed E-state index contributed by atoms with van der Waals surface area (Å²) in [6, 6.07) is 17.6. The van der Waals surface area contributed by atoms with E-state index < -0.39 is 16.7 Å². The van der Waals surface area contributed by atoms with E-state index in [1.54, 1.807) is 35.3 Å². The zero-order valence-corrected chi connectivity index (χ0v) is 17.0. The molecule has 0 bridgehead atoms. The summed E-state index contributed by atoms with van der Waals surface area (Å²) >= 11 is 0. The molecule has 0 unspecified atom stereocenters. The molecule has 2 aromatic carbocycles. The minimum absolute atomic E-state index is 0.00142. The standard InChI is InChI=1S/C22H19FN4O2S/c1-15-2-3-17(16-8-10-25-11-9-16)12-21(15)22-13-18(14-23)26-27(22)19-4-6-20(7-5-19)30(24,28)29/h2-13H,14H2,1H3,(H2,24,28,29). The summed E-state index contributed by atoms with van der Waals surface area (Å²) in [5.41, 5.74) is 5.50. The number of benzene rings is 2. The van der Waals surface area contributed by atoms with Crippen LogP contribution in [0.15, 0.2) is 78.0 Å². The van der Waals surface area contributed by atoms with Crippen molar-refractivity contribution in [3.05, 3.63) is 84.3 Å². The van der Waals surface area contributed by atoms with Crippen LogP contribution in [0.1, 0.15) is 11.3 Å². The maximum absolute atomic E-state index is 13.4. The summed E-state index contributed by atoms with van der Waals surface area (Å²) in [4.78, 5) is 4.06. The number of sulfonamides is 1. The zero-order chi connectivity index (χ0) is 21.3. The molecule has 8 heteroatoms. The van der Waals surface area contributed by atoms with Gasteiger partial charge in [0, 0.05) is 18.0 Å². The highest BCUT2D eigenvalue weighted by Crippen LogP contribution is 2.31. The fourth-order valence-corrected chi connectivity index (χ4v) is 3.80. The van der Waals surface area contributed by atoms with Crippen LogP contribution in [-0.2, 0) is 16.7 Å². The third-order valence-electron chi connectivity index (χ3n) is 4.83. The van der Waals surface area contributed by atoms with Gasteiger partial charge in [-0.25, -0.2) is 22.6 Å². The minimum atomic E-state index is -3.80. The highest BCUT2D eigenvalue weighted by Gasteiger charge is 2.16. The first kappa shape index (κ1) is 19.9. The molecule has 152 valence electrons. The summed E-state index contributed by atoms with van der Waals surface area (Å²) in [6.45, 7) is 1.26. The summed E-state index contributed by atoms with van der Waals surface area (Å²) < 4.78 is 38.1. The first-order valence-electron chi connectivity index (χ1n) is 9.16. The van der Waals surface area contributed by atoms with Crippen LogP contribution in [0.4, 0.5) is 4.39 Å². The van der Waals surface area contributed by atoms with Crippen molar-refractivity contribution in [2.24, 2.45) is 5.14 Å². The molecule has 2 aromatic heterocycles. The highest BCUT2D eigenvalue weighted by atomic mass is 32.2. The maximum Gasteiger partial charge on any atom is 0.238 e. The molecule has 6 nitrogen and oxygen atoms in total. The lowest BCUT2D eigenvalue weighted by Gasteiger charge is -2.12. The van der Waals surface area contributed by atoms with Gasteiger partial charge in [-0.3, -0.25) is 4.98 Å². The molecule has 0 atom stereocenters. The number of aryl methyl sites for hydroxylation is 1. The molecule has 0 saturated heterocycles. The number of hydrogen-bond acceptors (Lipinski definition) is 4. The van der Waals surface area contributed by atoms with Crippen molar-refractivity contribution in [3.63, 3.8) is 0 Å². The van der Waals surface area contributed by atoms with Gasteiger partial charge in [0.15, 0.2) is 0 Å². The van der Waals surface area contributed by atoms with Gasteiger partial charge in [0.1, 0.15) is 6.67 Å². The molecule has 0 aliphatic rings. The molecule has 30 heavy (non-hydrogen) atoms. The normalized spacial score (nSPS) is 11.6. The molecule has 0 fully saturated rings. The van der Waals surface area contributed by atoms with Crippen molar-refractivity contribution in [2.45, 2.75) is 18.5 Å². The number of halogens is 1. The van der Waals surface area contributed by atoms with E-state index in [1.165, 1.54) is 12.1 Å². The van der Waals surface area contributed by atoms with E-state index in [4.69, 9.17) is 5.14 Å². The summed E-state index contributed by atoms with van der Waals surface area (Å²) in [6.07, 6.45) is 3.46. The fraction of sp³-hybridized carbons (Fsp3) is 0.0909. The first-order valence-corrected chi connectivity index (χ1v) is 10.7. The molecular weight excluding hydrogens is 403 g/mol. The Kier molecular flexibility index (Phi) is 5.19. The topological polar surface area (TPSA) is 90.9 Å². The van der Waals surface area contributed by atoms with E-state index in [0.29, 0.717) is 11.4 Å². The predicted molar refractivity (Wildman–Crippen MR) is 113 cm³/mol. The van der Waals surface area contributed by atoms with Gasteiger partial charge in [-0.1, -0.05) is 12.1 Å². The lowest BCUT2D eigenvalue weighted by molar-refractivity contribution is 0.473. The molecule has 0 amide bonds. The number of hydrogen-bond donors (Lipinski definition) is 1. The van der Waals surface area contributed by atoms with Gasteiger partial charge in [-0.2, -0.15) is 5.10 Å². The van der Waals surface area contributed by atoms with Crippen molar-refractivity contribution in [2.75, 3.05) is 0 Å². The Bertz CT molecular complexity index is 1300. The lowest BCUT2D eigenvalue weighted by atomic mass is 9.98. The van der Waals surface area contributed by atoms with E-state index >= 15 is 0 Å². The van der Waals surface area contributed by atoms with Crippen molar-refractivity contribution >= 4 is 10.0 Å². The molecule has 4 aromatic rings. The highest BCUT2D eigenvalue weighted by molar-refractivity contribution is 7.89. The number of nitrogens with zero attached hydrogens (tertiary/aromatic N) is 3. The van der Waals surface area contributed by atoms with Gasteiger partial charge >= 0.3 is 0 Å². The van der Waals surface area contributed by atoms with E-state index in [2.05, 4.69) is 10.1 Å². The Morgan fingerprint density at radius 1 is 0.967 bits per heavy atom. The van der Waals surface area contributed by atoms with E-state index in [0.717, 1.165) is 22.3 Å². The average molecular weight is 422 g/mol. The average Bonchev–Trinajstić information content (AvgIpc) is 3.18. The zero-order valence-electron chi connectivity index (χ0n) is 16.2. The lowest BCUT2D eigenvalue weighted by Crippen LogP contribution is -2.12. The molecular formula is C22H19FN4O2S. The molecule has 4 rings (SSSR count). The van der Waals surface area contributed by atoms with Crippen LogP contribution in [0.25, 0.3) is 28.1 Å². The third kappa shape index (κ3) is 3.87. The molecule has 0 spiro atoms. The Balaban J connectivity index is 1.86. The number of alkyl halides is 1. The summed E-state index contributed by atoms with van der Waals surface area (Å²) in [5, 5.41) is 9.54. The number of aromatic nitrogens is 3. The van der Waals surface area contributed by atoms with Gasteiger partial charge in [-0.15, -0.1) is 0 Å². The van der Waals surface area contributed by atoms with E-state index in [1.807, 2.05) is 37.3 Å². The number of pyridine rings is 1. The van der Waals surface area contributed by atoms with Crippen LogP contribution in [0.5, 0.6) is 0 Å². The second-order valence-corrected chi connectivity index (χ2v) is 8.43. The number of nitrogens with two attached hydrogens (primary N) is 1. The van der Waals surface area contributed by atoms with Crippen LogP contribution in [-0.4, -0.2) is 23.2 Å². The molecule has 2 heterocycles. The van der Waals surface area contributed by atoms with E-state index in [-0.39, 0.29) is 10.6 Å². The quantitative estimate of drug-likeness (QED) is 0.526. The fourth-order valence-electron chi connectivity index (χ4n) is 3.28. The Morgan fingerprint density at radius 2 is 1.67 bits per heavy atom. The van der Waals surface area contributed by atoms with Gasteiger partial charge in [-0.05, 0) is 72.1 Å². The summed E-state index contributed by atoms with van der Waals surface area (Å²) in [7, 11) is -3.80. The van der Waals surface area contributed by atoms with Crippen molar-refractivity contribution in [1.29, 1.82) is 0 Å². The van der Waals surface area contributed by atoms with Gasteiger partial charge in [0.25, 0.3) is 0 Å². The Labute approximate surface area is 173 Å². The largest absolute Gasteiger partial charge is 0.265 e. The number of primary sulfonamides is 1. The molecule has 0 aliphatic carbocycles. The van der Waals surface area contributed by atoms with Crippen LogP contribution >= 0.6 is 0 Å². The van der Waals surface area contributed by atoms with Crippen LogP contribution < -0.4 is 5.14 Å². The predicted octanol–water partition coefficient (Wildman–Crippen LogP) is 4.03. The van der Waals surface area contributed by atoms with Crippen molar-refractivity contribution in [3.8, 4) is 28.1 Å². The Morgan fingerprint density at radius 3 is 2.30 bits per heavy atom. The van der Waals surface area contributed by atoms with Crippen LogP contribution in [0.2, 0.25) is 0 Å². The van der Waals surface area contributed by atoms with Crippen LogP contribution in [0, 0.1) is 6.92 Å². The minimum Gasteiger partial charge on any atom is -0.265 e. The Hall–Kier alpha value is -3.36. The van der Waals surface area contributed by atoms with Gasteiger partial charge < -0.3 is 0 Å². The van der Waals surface area contributed by atoms with Crippen molar-refractivity contribution < 1.29 is 12.8 Å². The second kappa shape index (κ2) is 7.81. The second-order valence-electron chi connectivity index (χ2n) is 6.87. The molecule has 0 aliphatic heterocycles. The maximum atomic E-state index is 13.4. The summed E-state index contributed by atoms with van der Waals surface area (Å²) in [5.74, 6) is 0. The SMILES string of the molecule is Cc1ccc(-c2ccncc2)cc1-c1cc(CF)nn1-c1ccc(S(N)(=O)=O)cc1. The molecule has 2 N–H and O–H groups in total. The number of rotatable bonds is 5. The van der Waals surface area contributed by atoms with Crippen LogP contribution in [0.3, 0.4) is 0 Å². The smallest absolute Gasteiger partial charge is 0.238 e. The molecule has 0 saturated carbocycles. The van der Waals surface area contributed by atoms with E-state index in [9.17, 15) is 12.8 Å². The third-order valence-corrected chi connectivity index (χ3v) is 5.76. The molecule has 0 radical (unpaired) electrons.